The van der Waals surface area contributed by atoms with Gasteiger partial charge in [0, 0.05) is 24.3 Å². The molecule has 1 aromatic rings. The molecule has 2 N–H and O–H groups in total. The van der Waals surface area contributed by atoms with Crippen LogP contribution in [0, 0.1) is 5.41 Å². The van der Waals surface area contributed by atoms with Gasteiger partial charge in [-0.3, -0.25) is 9.59 Å². The van der Waals surface area contributed by atoms with Crippen LogP contribution in [0.25, 0.3) is 0 Å². The lowest BCUT2D eigenvalue weighted by Crippen LogP contribution is -2.67. The Morgan fingerprint density at radius 3 is 2.95 bits per heavy atom. The van der Waals surface area contributed by atoms with Crippen LogP contribution in [0.5, 0.6) is 0 Å². The molecule has 2 unspecified atom stereocenters. The van der Waals surface area contributed by atoms with Crippen molar-refractivity contribution in [2.75, 3.05) is 6.61 Å². The van der Waals surface area contributed by atoms with E-state index in [9.17, 15) is 9.59 Å². The summed E-state index contributed by atoms with van der Waals surface area (Å²) in [5, 5.41) is 3.02. The third-order valence-corrected chi connectivity index (χ3v) is 4.81. The smallest absolute Gasteiger partial charge is 0.260 e. The molecule has 1 heterocycles. The van der Waals surface area contributed by atoms with Crippen LogP contribution < -0.4 is 10.9 Å². The minimum Gasteiger partial charge on any atom is -0.378 e. The molecule has 2 fully saturated rings. The Hall–Kier alpha value is -1.62. The Labute approximate surface area is 117 Å². The highest BCUT2D eigenvalue weighted by Gasteiger charge is 2.59. The largest absolute Gasteiger partial charge is 0.378 e. The quantitative estimate of drug-likeness (QED) is 0.874. The van der Waals surface area contributed by atoms with Crippen molar-refractivity contribution in [3.63, 3.8) is 0 Å². The molecule has 0 aliphatic heterocycles. The number of hydrogen-bond acceptors (Lipinski definition) is 3. The monoisotopic (exact) mass is 276 g/mol. The number of carbonyl (C=O) groups is 1. The number of hydrogen-bond donors (Lipinski definition) is 2. The minimum atomic E-state index is -0.339. The van der Waals surface area contributed by atoms with Gasteiger partial charge in [-0.2, -0.15) is 0 Å². The maximum Gasteiger partial charge on any atom is 0.260 e. The van der Waals surface area contributed by atoms with Crippen LogP contribution in [0.2, 0.25) is 0 Å². The molecule has 108 valence electrons. The van der Waals surface area contributed by atoms with E-state index in [1.54, 1.807) is 12.1 Å². The van der Waals surface area contributed by atoms with Crippen molar-refractivity contribution in [2.45, 2.75) is 44.8 Å². The van der Waals surface area contributed by atoms with Gasteiger partial charge >= 0.3 is 0 Å². The second-order valence-corrected chi connectivity index (χ2v) is 5.71. The van der Waals surface area contributed by atoms with Crippen molar-refractivity contribution < 1.29 is 9.53 Å². The van der Waals surface area contributed by atoms with Crippen LogP contribution in [-0.4, -0.2) is 29.6 Å². The highest BCUT2D eigenvalue weighted by Crippen LogP contribution is 2.57. The minimum absolute atomic E-state index is 0.118. The van der Waals surface area contributed by atoms with Crippen LogP contribution in [0.4, 0.5) is 0 Å². The van der Waals surface area contributed by atoms with Gasteiger partial charge < -0.3 is 15.0 Å². The van der Waals surface area contributed by atoms with Crippen LogP contribution in [0.1, 0.15) is 43.0 Å². The van der Waals surface area contributed by atoms with E-state index < -0.39 is 0 Å². The number of rotatable bonds is 4. The van der Waals surface area contributed by atoms with Crippen LogP contribution in [0.15, 0.2) is 23.1 Å². The molecule has 0 aromatic carbocycles. The van der Waals surface area contributed by atoms with Crippen LogP contribution in [-0.2, 0) is 4.74 Å². The number of aromatic nitrogens is 1. The number of nitrogens with one attached hydrogen (secondary N) is 2. The van der Waals surface area contributed by atoms with Crippen LogP contribution >= 0.6 is 0 Å². The van der Waals surface area contributed by atoms with Gasteiger partial charge in [-0.1, -0.05) is 6.42 Å². The van der Waals surface area contributed by atoms with E-state index >= 15 is 0 Å². The maximum absolute atomic E-state index is 12.2. The molecule has 5 heteroatoms. The zero-order valence-corrected chi connectivity index (χ0v) is 11.6. The molecular formula is C15H20N2O3. The summed E-state index contributed by atoms with van der Waals surface area (Å²) in [7, 11) is 0. The topological polar surface area (TPSA) is 71.2 Å². The number of amides is 1. The lowest BCUT2D eigenvalue weighted by atomic mass is 9.51. The first-order valence-corrected chi connectivity index (χ1v) is 7.27. The number of pyridine rings is 1. The number of carbonyl (C=O) groups excluding carboxylic acids is 1. The predicted molar refractivity (Wildman–Crippen MR) is 74.6 cm³/mol. The van der Waals surface area contributed by atoms with Crippen molar-refractivity contribution in [2.24, 2.45) is 5.41 Å². The molecule has 0 radical (unpaired) electrons. The third-order valence-electron chi connectivity index (χ3n) is 4.81. The van der Waals surface area contributed by atoms with Crippen molar-refractivity contribution >= 4 is 5.91 Å². The molecule has 1 spiro atoms. The van der Waals surface area contributed by atoms with Gasteiger partial charge in [0.1, 0.15) is 5.56 Å². The second-order valence-electron chi connectivity index (χ2n) is 5.71. The van der Waals surface area contributed by atoms with Gasteiger partial charge in [-0.15, -0.1) is 0 Å². The van der Waals surface area contributed by atoms with Crippen molar-refractivity contribution in [3.8, 4) is 0 Å². The molecule has 3 rings (SSSR count). The first kappa shape index (κ1) is 13.4. The molecule has 2 aliphatic carbocycles. The van der Waals surface area contributed by atoms with Gasteiger partial charge in [0.05, 0.1) is 6.10 Å². The van der Waals surface area contributed by atoms with E-state index in [1.807, 2.05) is 6.92 Å². The summed E-state index contributed by atoms with van der Waals surface area (Å²) in [5.41, 5.74) is -0.0390. The molecule has 2 saturated carbocycles. The Balaban J connectivity index is 1.69. The highest BCUT2D eigenvalue weighted by molar-refractivity contribution is 5.94. The second kappa shape index (κ2) is 5.05. The summed E-state index contributed by atoms with van der Waals surface area (Å²) in [6.07, 6.45) is 6.05. The van der Waals surface area contributed by atoms with E-state index in [0.717, 1.165) is 19.3 Å². The number of ether oxygens (including phenoxy) is 1. The fourth-order valence-corrected chi connectivity index (χ4v) is 3.48. The average molecular weight is 276 g/mol. The summed E-state index contributed by atoms with van der Waals surface area (Å²) >= 11 is 0. The molecule has 2 aliphatic rings. The normalized spacial score (nSPS) is 26.6. The lowest BCUT2D eigenvalue weighted by molar-refractivity contribution is -0.169. The molecular weight excluding hydrogens is 256 g/mol. The summed E-state index contributed by atoms with van der Waals surface area (Å²) in [4.78, 5) is 26.3. The molecule has 1 aromatic heterocycles. The Morgan fingerprint density at radius 2 is 2.35 bits per heavy atom. The molecule has 20 heavy (non-hydrogen) atoms. The zero-order chi connectivity index (χ0) is 14.2. The van der Waals surface area contributed by atoms with Gasteiger partial charge in [-0.25, -0.2) is 0 Å². The lowest BCUT2D eigenvalue weighted by Gasteiger charge is -2.60. The van der Waals surface area contributed by atoms with E-state index in [1.165, 1.54) is 12.6 Å². The first-order chi connectivity index (χ1) is 9.67. The van der Waals surface area contributed by atoms with E-state index in [4.69, 9.17) is 4.74 Å². The van der Waals surface area contributed by atoms with Crippen LogP contribution in [0.3, 0.4) is 0 Å². The molecule has 1 amide bonds. The maximum atomic E-state index is 12.2. The molecule has 0 bridgehead atoms. The van der Waals surface area contributed by atoms with Crippen molar-refractivity contribution in [1.29, 1.82) is 0 Å². The van der Waals surface area contributed by atoms with Gasteiger partial charge in [0.25, 0.3) is 11.5 Å². The fourth-order valence-electron chi connectivity index (χ4n) is 3.48. The number of H-pyrrole nitrogens is 1. The van der Waals surface area contributed by atoms with E-state index in [0.29, 0.717) is 6.61 Å². The van der Waals surface area contributed by atoms with Gasteiger partial charge in [0.2, 0.25) is 0 Å². The summed E-state index contributed by atoms with van der Waals surface area (Å²) in [6, 6.07) is 3.36. The van der Waals surface area contributed by atoms with Crippen molar-refractivity contribution in [1.82, 2.24) is 10.3 Å². The average Bonchev–Trinajstić information content (AvgIpc) is 2.35. The highest BCUT2D eigenvalue weighted by atomic mass is 16.5. The Kier molecular flexibility index (Phi) is 3.38. The first-order valence-electron chi connectivity index (χ1n) is 7.27. The standard InChI is InChI=1S/C15H20N2O3/c1-2-20-12-9-11(15(12)6-4-7-15)17-14(19)10-5-3-8-16-13(10)18/h3,5,8,11-12H,2,4,6-7,9H2,1H3,(H,16,18)(H,17,19). The Morgan fingerprint density at radius 1 is 1.55 bits per heavy atom. The summed E-state index contributed by atoms with van der Waals surface area (Å²) < 4.78 is 5.76. The molecule has 0 saturated heterocycles. The summed E-state index contributed by atoms with van der Waals surface area (Å²) in [5.74, 6) is -0.280. The fraction of sp³-hybridized carbons (Fsp3) is 0.600. The van der Waals surface area contributed by atoms with Gasteiger partial charge in [0.15, 0.2) is 0 Å². The summed E-state index contributed by atoms with van der Waals surface area (Å²) in [6.45, 7) is 2.72. The van der Waals surface area contributed by atoms with E-state index in [2.05, 4.69) is 10.3 Å². The zero-order valence-electron chi connectivity index (χ0n) is 11.6. The van der Waals surface area contributed by atoms with Gasteiger partial charge in [-0.05, 0) is 38.3 Å². The SMILES string of the molecule is CCOC1CC(NC(=O)c2ccc[nH]c2=O)C12CCC2. The number of aromatic amines is 1. The molecule has 2 atom stereocenters. The van der Waals surface area contributed by atoms with Crippen molar-refractivity contribution in [3.05, 3.63) is 34.2 Å². The molecule has 5 nitrogen and oxygen atoms in total. The van der Waals surface area contributed by atoms with E-state index in [-0.39, 0.29) is 34.6 Å². The predicted octanol–water partition coefficient (Wildman–Crippen LogP) is 1.45. The third kappa shape index (κ3) is 1.97. The Bertz CT molecular complexity index is 562.